The molecule has 1 heterocycles. The Morgan fingerprint density at radius 1 is 1.43 bits per heavy atom. The molecule has 0 spiro atoms. The summed E-state index contributed by atoms with van der Waals surface area (Å²) in [5.74, 6) is 0. The first-order chi connectivity index (χ1) is 6.79. The van der Waals surface area contributed by atoms with Gasteiger partial charge in [0.1, 0.15) is 0 Å². The van der Waals surface area contributed by atoms with Crippen molar-refractivity contribution in [3.8, 4) is 0 Å². The van der Waals surface area contributed by atoms with E-state index in [1.54, 1.807) is 11.3 Å². The molecule has 0 unspecified atom stereocenters. The number of hydrogen-bond acceptors (Lipinski definition) is 3. The Bertz CT molecular complexity index is 439. The number of halogens is 1. The van der Waals surface area contributed by atoms with Crippen LogP contribution in [0.5, 0.6) is 0 Å². The van der Waals surface area contributed by atoms with Gasteiger partial charge in [-0.1, -0.05) is 15.9 Å². The maximum Gasteiger partial charge on any atom is 0.0939 e. The lowest BCUT2D eigenvalue weighted by molar-refractivity contribution is 0.828. The molecule has 1 aromatic heterocycles. The minimum atomic E-state index is 0.736. The molecule has 0 aliphatic rings. The van der Waals surface area contributed by atoms with Gasteiger partial charge < -0.3 is 5.73 Å². The van der Waals surface area contributed by atoms with E-state index in [9.17, 15) is 0 Å². The smallest absolute Gasteiger partial charge is 0.0939 e. The van der Waals surface area contributed by atoms with Gasteiger partial charge in [-0.3, -0.25) is 0 Å². The first kappa shape index (κ1) is 10.1. The Labute approximate surface area is 95.3 Å². The molecule has 2 rings (SSSR count). The van der Waals surface area contributed by atoms with Gasteiger partial charge >= 0.3 is 0 Å². The average Bonchev–Trinajstić information content (AvgIpc) is 2.56. The summed E-state index contributed by atoms with van der Waals surface area (Å²) in [6.45, 7) is 0.736. The lowest BCUT2D eigenvalue weighted by Crippen LogP contribution is -1.99. The van der Waals surface area contributed by atoms with Crippen molar-refractivity contribution in [1.82, 2.24) is 4.98 Å². The number of nitrogens with two attached hydrogens (primary N) is 1. The number of fused-ring (bicyclic) bond motifs is 1. The van der Waals surface area contributed by atoms with Gasteiger partial charge in [-0.2, -0.15) is 0 Å². The van der Waals surface area contributed by atoms with E-state index in [4.69, 9.17) is 5.73 Å². The molecule has 74 valence electrons. The van der Waals surface area contributed by atoms with Crippen molar-refractivity contribution in [3.05, 3.63) is 27.7 Å². The largest absolute Gasteiger partial charge is 0.330 e. The van der Waals surface area contributed by atoms with E-state index in [2.05, 4.69) is 33.0 Å². The molecule has 0 amide bonds. The van der Waals surface area contributed by atoms with Gasteiger partial charge in [0.05, 0.1) is 15.2 Å². The van der Waals surface area contributed by atoms with Gasteiger partial charge in [0.15, 0.2) is 0 Å². The zero-order valence-corrected chi connectivity index (χ0v) is 10.1. The van der Waals surface area contributed by atoms with E-state index in [1.807, 2.05) is 6.07 Å². The lowest BCUT2D eigenvalue weighted by atomic mass is 10.3. The minimum Gasteiger partial charge on any atom is -0.330 e. The van der Waals surface area contributed by atoms with Crippen molar-refractivity contribution in [2.24, 2.45) is 5.73 Å². The SMILES string of the molecule is NCCCc1nc2cc(Br)ccc2s1. The molecule has 1 aromatic carbocycles. The van der Waals surface area contributed by atoms with Crippen LogP contribution in [-0.4, -0.2) is 11.5 Å². The summed E-state index contributed by atoms with van der Waals surface area (Å²) in [6, 6.07) is 6.20. The maximum atomic E-state index is 5.46. The van der Waals surface area contributed by atoms with E-state index in [1.165, 1.54) is 9.71 Å². The molecule has 0 atom stereocenters. The highest BCUT2D eigenvalue weighted by molar-refractivity contribution is 9.10. The van der Waals surface area contributed by atoms with Crippen molar-refractivity contribution in [2.45, 2.75) is 12.8 Å². The summed E-state index contributed by atoms with van der Waals surface area (Å²) >= 11 is 5.20. The van der Waals surface area contributed by atoms with E-state index in [0.717, 1.165) is 29.4 Å². The van der Waals surface area contributed by atoms with Crippen LogP contribution in [0.1, 0.15) is 11.4 Å². The molecule has 0 aliphatic carbocycles. The Morgan fingerprint density at radius 2 is 2.29 bits per heavy atom. The van der Waals surface area contributed by atoms with Crippen LogP contribution < -0.4 is 5.73 Å². The molecule has 0 saturated carbocycles. The van der Waals surface area contributed by atoms with Crippen LogP contribution in [0.2, 0.25) is 0 Å². The molecule has 2 nitrogen and oxygen atoms in total. The highest BCUT2D eigenvalue weighted by Gasteiger charge is 2.03. The van der Waals surface area contributed by atoms with Gasteiger partial charge in [-0.15, -0.1) is 11.3 Å². The fourth-order valence-electron chi connectivity index (χ4n) is 1.31. The first-order valence-electron chi connectivity index (χ1n) is 4.54. The predicted molar refractivity (Wildman–Crippen MR) is 64.7 cm³/mol. The van der Waals surface area contributed by atoms with Crippen molar-refractivity contribution >= 4 is 37.5 Å². The molecule has 4 heteroatoms. The van der Waals surface area contributed by atoms with E-state index < -0.39 is 0 Å². The van der Waals surface area contributed by atoms with Gasteiger partial charge in [-0.25, -0.2) is 4.98 Å². The number of nitrogens with zero attached hydrogens (tertiary/aromatic N) is 1. The molecule has 14 heavy (non-hydrogen) atoms. The second-order valence-corrected chi connectivity index (χ2v) is 5.14. The third kappa shape index (κ3) is 2.13. The molecule has 0 radical (unpaired) electrons. The molecular formula is C10H11BrN2S. The minimum absolute atomic E-state index is 0.736. The van der Waals surface area contributed by atoms with Crippen LogP contribution in [0.15, 0.2) is 22.7 Å². The number of hydrogen-bond donors (Lipinski definition) is 1. The van der Waals surface area contributed by atoms with Gasteiger partial charge in [0.2, 0.25) is 0 Å². The van der Waals surface area contributed by atoms with Crippen LogP contribution in [0.4, 0.5) is 0 Å². The van der Waals surface area contributed by atoms with Crippen LogP contribution >= 0.6 is 27.3 Å². The van der Waals surface area contributed by atoms with Crippen molar-refractivity contribution in [1.29, 1.82) is 0 Å². The summed E-state index contributed by atoms with van der Waals surface area (Å²) in [4.78, 5) is 4.54. The topological polar surface area (TPSA) is 38.9 Å². The standard InChI is InChI=1S/C10H11BrN2S/c11-7-3-4-9-8(6-7)13-10(14-9)2-1-5-12/h3-4,6H,1-2,5,12H2. The normalized spacial score (nSPS) is 11.0. The van der Waals surface area contributed by atoms with Crippen LogP contribution in [0.3, 0.4) is 0 Å². The van der Waals surface area contributed by atoms with Crippen molar-refractivity contribution in [3.63, 3.8) is 0 Å². The number of rotatable bonds is 3. The Hall–Kier alpha value is -0.450. The monoisotopic (exact) mass is 270 g/mol. The number of aryl methyl sites for hydroxylation is 1. The number of aromatic nitrogens is 1. The maximum absolute atomic E-state index is 5.46. The Kier molecular flexibility index (Phi) is 3.15. The van der Waals surface area contributed by atoms with E-state index in [-0.39, 0.29) is 0 Å². The summed E-state index contributed by atoms with van der Waals surface area (Å²) in [5.41, 5.74) is 6.54. The van der Waals surface area contributed by atoms with Crippen LogP contribution in [0.25, 0.3) is 10.2 Å². The molecule has 0 fully saturated rings. The van der Waals surface area contributed by atoms with Gasteiger partial charge in [0, 0.05) is 10.9 Å². The van der Waals surface area contributed by atoms with Gasteiger partial charge in [0.25, 0.3) is 0 Å². The van der Waals surface area contributed by atoms with Crippen LogP contribution in [0, 0.1) is 0 Å². The molecule has 0 aliphatic heterocycles. The van der Waals surface area contributed by atoms with Crippen molar-refractivity contribution in [2.75, 3.05) is 6.54 Å². The molecule has 2 aromatic rings. The number of thiazole rings is 1. The lowest BCUT2D eigenvalue weighted by Gasteiger charge is -1.89. The third-order valence-electron chi connectivity index (χ3n) is 1.99. The predicted octanol–water partition coefficient (Wildman–Crippen LogP) is 2.95. The fraction of sp³-hybridized carbons (Fsp3) is 0.300. The van der Waals surface area contributed by atoms with E-state index >= 15 is 0 Å². The second kappa shape index (κ2) is 4.38. The first-order valence-corrected chi connectivity index (χ1v) is 6.15. The Morgan fingerprint density at radius 3 is 3.07 bits per heavy atom. The molecule has 0 saturated heterocycles. The molecular weight excluding hydrogens is 260 g/mol. The quantitative estimate of drug-likeness (QED) is 0.932. The van der Waals surface area contributed by atoms with Gasteiger partial charge in [-0.05, 0) is 31.2 Å². The Balaban J connectivity index is 2.32. The third-order valence-corrected chi connectivity index (χ3v) is 3.58. The zero-order chi connectivity index (χ0) is 9.97. The fourth-order valence-corrected chi connectivity index (χ4v) is 2.65. The summed E-state index contributed by atoms with van der Waals surface area (Å²) in [7, 11) is 0. The highest BCUT2D eigenvalue weighted by atomic mass is 79.9. The summed E-state index contributed by atoms with van der Waals surface area (Å²) in [6.07, 6.45) is 2.01. The molecule has 0 bridgehead atoms. The molecule has 2 N–H and O–H groups in total. The average molecular weight is 271 g/mol. The summed E-state index contributed by atoms with van der Waals surface area (Å²) in [5, 5.41) is 1.18. The second-order valence-electron chi connectivity index (χ2n) is 3.11. The highest BCUT2D eigenvalue weighted by Crippen LogP contribution is 2.25. The van der Waals surface area contributed by atoms with E-state index in [0.29, 0.717) is 0 Å². The zero-order valence-electron chi connectivity index (χ0n) is 7.66. The summed E-state index contributed by atoms with van der Waals surface area (Å²) < 4.78 is 2.33. The number of benzene rings is 1. The van der Waals surface area contributed by atoms with Crippen LogP contribution in [-0.2, 0) is 6.42 Å². The van der Waals surface area contributed by atoms with Crippen molar-refractivity contribution < 1.29 is 0 Å².